The lowest BCUT2D eigenvalue weighted by Crippen LogP contribution is -2.41. The molecule has 0 radical (unpaired) electrons. The Balaban J connectivity index is 3.80. The fourth-order valence-corrected chi connectivity index (χ4v) is 2.10. The smallest absolute Gasteiger partial charge is 0.326 e. The average molecular weight is 327 g/mol. The molecule has 0 aliphatic carbocycles. The molecular formula is C17H29NO5. The molecule has 0 aliphatic heterocycles. The van der Waals surface area contributed by atoms with Gasteiger partial charge in [0.1, 0.15) is 6.04 Å². The fourth-order valence-electron chi connectivity index (χ4n) is 2.10. The van der Waals surface area contributed by atoms with E-state index in [0.717, 1.165) is 12.8 Å². The van der Waals surface area contributed by atoms with E-state index in [-0.39, 0.29) is 25.2 Å². The number of carboxylic acid groups (broad SMARTS) is 2. The van der Waals surface area contributed by atoms with Crippen LogP contribution in [0.3, 0.4) is 0 Å². The van der Waals surface area contributed by atoms with Crippen molar-refractivity contribution in [1.82, 2.24) is 5.32 Å². The summed E-state index contributed by atoms with van der Waals surface area (Å²) in [7, 11) is 0. The predicted octanol–water partition coefficient (Wildman–Crippen LogP) is 3.12. The molecule has 6 heteroatoms. The van der Waals surface area contributed by atoms with Gasteiger partial charge in [0.15, 0.2) is 0 Å². The maximum Gasteiger partial charge on any atom is 0.326 e. The lowest BCUT2D eigenvalue weighted by molar-refractivity contribution is -0.143. The van der Waals surface area contributed by atoms with Crippen molar-refractivity contribution in [3.8, 4) is 0 Å². The zero-order valence-electron chi connectivity index (χ0n) is 13.9. The van der Waals surface area contributed by atoms with Crippen LogP contribution in [0.25, 0.3) is 0 Å². The summed E-state index contributed by atoms with van der Waals surface area (Å²) in [5.74, 6) is -2.62. The van der Waals surface area contributed by atoms with Gasteiger partial charge < -0.3 is 15.5 Å². The van der Waals surface area contributed by atoms with Crippen molar-refractivity contribution in [2.75, 3.05) is 0 Å². The first-order valence-electron chi connectivity index (χ1n) is 8.36. The molecule has 6 nitrogen and oxygen atoms in total. The molecule has 132 valence electrons. The van der Waals surface area contributed by atoms with Crippen LogP contribution in [-0.2, 0) is 14.4 Å². The minimum atomic E-state index is -1.20. The van der Waals surface area contributed by atoms with Gasteiger partial charge in [-0.05, 0) is 32.1 Å². The zero-order valence-corrected chi connectivity index (χ0v) is 13.9. The number of aliphatic carboxylic acids is 2. The van der Waals surface area contributed by atoms with Gasteiger partial charge in [0, 0.05) is 12.8 Å². The molecule has 0 aliphatic rings. The van der Waals surface area contributed by atoms with Gasteiger partial charge in [0.05, 0.1) is 0 Å². The Morgan fingerprint density at radius 3 is 2.17 bits per heavy atom. The molecule has 0 saturated carbocycles. The summed E-state index contributed by atoms with van der Waals surface area (Å²) in [6.45, 7) is 2.18. The first-order chi connectivity index (χ1) is 11.0. The van der Waals surface area contributed by atoms with E-state index in [9.17, 15) is 14.4 Å². The van der Waals surface area contributed by atoms with E-state index in [1.165, 1.54) is 25.7 Å². The zero-order chi connectivity index (χ0) is 17.5. The summed E-state index contributed by atoms with van der Waals surface area (Å²) in [4.78, 5) is 33.1. The van der Waals surface area contributed by atoms with Crippen LogP contribution in [0.2, 0.25) is 0 Å². The largest absolute Gasteiger partial charge is 0.481 e. The van der Waals surface area contributed by atoms with Crippen LogP contribution in [0.5, 0.6) is 0 Å². The summed E-state index contributed by atoms with van der Waals surface area (Å²) >= 11 is 0. The van der Waals surface area contributed by atoms with Gasteiger partial charge in [-0.2, -0.15) is 0 Å². The topological polar surface area (TPSA) is 104 Å². The van der Waals surface area contributed by atoms with Crippen LogP contribution in [0.15, 0.2) is 12.2 Å². The van der Waals surface area contributed by atoms with Crippen LogP contribution in [0.1, 0.15) is 71.1 Å². The molecule has 23 heavy (non-hydrogen) atoms. The van der Waals surface area contributed by atoms with E-state index in [1.54, 1.807) is 0 Å². The number of hydrogen-bond acceptors (Lipinski definition) is 3. The van der Waals surface area contributed by atoms with Crippen molar-refractivity contribution in [3.05, 3.63) is 12.2 Å². The van der Waals surface area contributed by atoms with Gasteiger partial charge in [-0.25, -0.2) is 4.79 Å². The van der Waals surface area contributed by atoms with E-state index in [2.05, 4.69) is 24.4 Å². The first-order valence-corrected chi connectivity index (χ1v) is 8.36. The molecule has 0 saturated heterocycles. The normalized spacial score (nSPS) is 12.2. The van der Waals surface area contributed by atoms with Crippen molar-refractivity contribution in [1.29, 1.82) is 0 Å². The molecule has 0 heterocycles. The lowest BCUT2D eigenvalue weighted by atomic mass is 10.1. The minimum absolute atomic E-state index is 0.103. The van der Waals surface area contributed by atoms with E-state index in [4.69, 9.17) is 10.2 Å². The Hall–Kier alpha value is -1.85. The van der Waals surface area contributed by atoms with Crippen LogP contribution in [-0.4, -0.2) is 34.1 Å². The van der Waals surface area contributed by atoms with Crippen LogP contribution >= 0.6 is 0 Å². The number of carboxylic acids is 2. The molecule has 0 bridgehead atoms. The summed E-state index contributed by atoms with van der Waals surface area (Å²) in [5, 5.41) is 19.9. The number of unbranched alkanes of at least 4 members (excludes halogenated alkanes) is 5. The number of nitrogens with one attached hydrogen (secondary N) is 1. The summed E-state index contributed by atoms with van der Waals surface area (Å²) in [6.07, 6.45) is 11.5. The molecule has 0 aromatic heterocycles. The molecule has 0 fully saturated rings. The SMILES string of the molecule is CCCCCC/C=C\CCCC(=O)N[C@@H](CCC(=O)O)C(=O)O. The molecule has 0 aromatic carbocycles. The highest BCUT2D eigenvalue weighted by Gasteiger charge is 2.20. The number of hydrogen-bond donors (Lipinski definition) is 3. The molecule has 0 rings (SSSR count). The van der Waals surface area contributed by atoms with Gasteiger partial charge in [-0.3, -0.25) is 9.59 Å². The Morgan fingerprint density at radius 1 is 0.957 bits per heavy atom. The van der Waals surface area contributed by atoms with Crippen molar-refractivity contribution >= 4 is 17.8 Å². The van der Waals surface area contributed by atoms with E-state index in [1.807, 2.05) is 0 Å². The van der Waals surface area contributed by atoms with Gasteiger partial charge in [0.2, 0.25) is 5.91 Å². The van der Waals surface area contributed by atoms with Gasteiger partial charge in [0.25, 0.3) is 0 Å². The van der Waals surface area contributed by atoms with Gasteiger partial charge in [-0.15, -0.1) is 0 Å². The van der Waals surface area contributed by atoms with E-state index < -0.39 is 18.0 Å². The Kier molecular flexibility index (Phi) is 12.7. The maximum atomic E-state index is 11.7. The molecule has 1 atom stereocenters. The number of carbonyl (C=O) groups is 3. The number of allylic oxidation sites excluding steroid dienone is 2. The Morgan fingerprint density at radius 2 is 1.61 bits per heavy atom. The van der Waals surface area contributed by atoms with Crippen molar-refractivity contribution in [2.24, 2.45) is 0 Å². The number of rotatable bonds is 14. The summed E-state index contributed by atoms with van der Waals surface area (Å²) in [5.41, 5.74) is 0. The second kappa shape index (κ2) is 13.8. The number of amides is 1. The second-order valence-corrected chi connectivity index (χ2v) is 5.60. The third-order valence-electron chi connectivity index (χ3n) is 3.45. The highest BCUT2D eigenvalue weighted by molar-refractivity contribution is 5.83. The minimum Gasteiger partial charge on any atom is -0.481 e. The molecular weight excluding hydrogens is 298 g/mol. The lowest BCUT2D eigenvalue weighted by Gasteiger charge is -2.13. The predicted molar refractivity (Wildman–Crippen MR) is 88.2 cm³/mol. The average Bonchev–Trinajstić information content (AvgIpc) is 2.49. The monoisotopic (exact) mass is 327 g/mol. The molecule has 0 aromatic rings. The van der Waals surface area contributed by atoms with E-state index in [0.29, 0.717) is 6.42 Å². The number of carbonyl (C=O) groups excluding carboxylic acids is 1. The van der Waals surface area contributed by atoms with Crippen molar-refractivity contribution in [3.63, 3.8) is 0 Å². The van der Waals surface area contributed by atoms with Crippen LogP contribution in [0, 0.1) is 0 Å². The Bertz CT molecular complexity index is 392. The first kappa shape index (κ1) is 21.1. The van der Waals surface area contributed by atoms with Crippen molar-refractivity contribution < 1.29 is 24.6 Å². The quantitative estimate of drug-likeness (QED) is 0.336. The Labute approximate surface area is 138 Å². The third kappa shape index (κ3) is 13.5. The van der Waals surface area contributed by atoms with Gasteiger partial charge in [-0.1, -0.05) is 38.3 Å². The summed E-state index contributed by atoms with van der Waals surface area (Å²) < 4.78 is 0. The molecule has 3 N–H and O–H groups in total. The highest BCUT2D eigenvalue weighted by Crippen LogP contribution is 2.05. The van der Waals surface area contributed by atoms with Crippen molar-refractivity contribution in [2.45, 2.75) is 77.2 Å². The molecule has 1 amide bonds. The second-order valence-electron chi connectivity index (χ2n) is 5.60. The van der Waals surface area contributed by atoms with Crippen LogP contribution in [0.4, 0.5) is 0 Å². The molecule has 0 unspecified atom stereocenters. The fraction of sp³-hybridized carbons (Fsp3) is 0.706. The highest BCUT2D eigenvalue weighted by atomic mass is 16.4. The van der Waals surface area contributed by atoms with E-state index >= 15 is 0 Å². The van der Waals surface area contributed by atoms with Gasteiger partial charge >= 0.3 is 11.9 Å². The summed E-state index contributed by atoms with van der Waals surface area (Å²) in [6, 6.07) is -1.13. The maximum absolute atomic E-state index is 11.7. The molecule has 0 spiro atoms. The van der Waals surface area contributed by atoms with Crippen LogP contribution < -0.4 is 5.32 Å². The third-order valence-corrected chi connectivity index (χ3v) is 3.45. The standard InChI is InChI=1S/C17H29NO5/c1-2-3-4-5-6-7-8-9-10-11-15(19)18-14(17(22)23)12-13-16(20)21/h7-8,14H,2-6,9-13H2,1H3,(H,18,19)(H,20,21)(H,22,23)/b8-7-/t14-/m0/s1.